The van der Waals surface area contributed by atoms with Gasteiger partial charge in [0, 0.05) is 12.1 Å². The lowest BCUT2D eigenvalue weighted by Gasteiger charge is -2.04. The van der Waals surface area contributed by atoms with Crippen molar-refractivity contribution in [3.05, 3.63) is 35.4 Å². The smallest absolute Gasteiger partial charge is 0.126 e. The first-order chi connectivity index (χ1) is 6.27. The summed E-state index contributed by atoms with van der Waals surface area (Å²) in [5.74, 6) is 0.885. The summed E-state index contributed by atoms with van der Waals surface area (Å²) >= 11 is 0. The Bertz CT molecular complexity index is 305. The van der Waals surface area contributed by atoms with E-state index in [1.165, 1.54) is 0 Å². The van der Waals surface area contributed by atoms with E-state index in [1.54, 1.807) is 7.11 Å². The van der Waals surface area contributed by atoms with Crippen molar-refractivity contribution in [2.24, 2.45) is 5.73 Å². The highest BCUT2D eigenvalue weighted by molar-refractivity contribution is 5.59. The van der Waals surface area contributed by atoms with Crippen LogP contribution in [-0.2, 0) is 0 Å². The second kappa shape index (κ2) is 4.67. The fourth-order valence-corrected chi connectivity index (χ4v) is 1.11. The summed E-state index contributed by atoms with van der Waals surface area (Å²) in [5, 5.41) is 0. The zero-order chi connectivity index (χ0) is 9.68. The molecule has 0 fully saturated rings. The van der Waals surface area contributed by atoms with Gasteiger partial charge in [-0.3, -0.25) is 0 Å². The van der Waals surface area contributed by atoms with Crippen molar-refractivity contribution in [1.82, 2.24) is 0 Å². The van der Waals surface area contributed by atoms with Crippen molar-refractivity contribution in [3.8, 4) is 5.75 Å². The van der Waals surface area contributed by atoms with Gasteiger partial charge in [0.15, 0.2) is 0 Å². The number of benzene rings is 1. The van der Waals surface area contributed by atoms with Gasteiger partial charge in [-0.25, -0.2) is 0 Å². The number of hydrogen-bond acceptors (Lipinski definition) is 2. The molecule has 0 radical (unpaired) electrons. The summed E-state index contributed by atoms with van der Waals surface area (Å²) in [5.41, 5.74) is 7.72. The number of ether oxygens (including phenoxy) is 1. The van der Waals surface area contributed by atoms with E-state index in [0.717, 1.165) is 16.9 Å². The zero-order valence-corrected chi connectivity index (χ0v) is 8.08. The molecule has 0 atom stereocenters. The van der Waals surface area contributed by atoms with Crippen molar-refractivity contribution in [2.75, 3.05) is 13.7 Å². The molecular formula is C11H15NO. The van der Waals surface area contributed by atoms with E-state index in [9.17, 15) is 0 Å². The molecule has 1 rings (SSSR count). The Kier molecular flexibility index (Phi) is 3.53. The fraction of sp³-hybridized carbons (Fsp3) is 0.273. The monoisotopic (exact) mass is 177 g/mol. The minimum Gasteiger partial charge on any atom is -0.496 e. The lowest BCUT2D eigenvalue weighted by Crippen LogP contribution is -1.99. The number of nitrogens with two attached hydrogens (primary N) is 1. The minimum absolute atomic E-state index is 0.581. The molecule has 0 aromatic heterocycles. The van der Waals surface area contributed by atoms with Crippen LogP contribution in [0.1, 0.15) is 12.5 Å². The summed E-state index contributed by atoms with van der Waals surface area (Å²) in [6, 6.07) is 7.89. The van der Waals surface area contributed by atoms with Gasteiger partial charge >= 0.3 is 0 Å². The minimum atomic E-state index is 0.581. The van der Waals surface area contributed by atoms with Gasteiger partial charge in [-0.2, -0.15) is 0 Å². The highest BCUT2D eigenvalue weighted by Gasteiger charge is 1.97. The molecule has 0 bridgehead atoms. The van der Waals surface area contributed by atoms with Crippen LogP contribution in [0.15, 0.2) is 29.8 Å². The topological polar surface area (TPSA) is 35.2 Å². The van der Waals surface area contributed by atoms with Crippen molar-refractivity contribution in [1.29, 1.82) is 0 Å². The predicted octanol–water partition coefficient (Wildman–Crippen LogP) is 2.06. The standard InChI is InChI=1S/C11H15NO/c1-9(8-12)7-10-5-3-4-6-11(10)13-2/h3-7H,8,12H2,1-2H3/b9-7-. The van der Waals surface area contributed by atoms with Crippen LogP contribution in [0.3, 0.4) is 0 Å². The van der Waals surface area contributed by atoms with Gasteiger partial charge in [-0.15, -0.1) is 0 Å². The third-order valence-corrected chi connectivity index (χ3v) is 1.86. The molecule has 2 heteroatoms. The first-order valence-electron chi connectivity index (χ1n) is 4.28. The molecule has 0 aliphatic heterocycles. The molecule has 0 saturated heterocycles. The largest absolute Gasteiger partial charge is 0.496 e. The summed E-state index contributed by atoms with van der Waals surface area (Å²) in [6.45, 7) is 2.59. The highest BCUT2D eigenvalue weighted by atomic mass is 16.5. The van der Waals surface area contributed by atoms with Crippen LogP contribution < -0.4 is 10.5 Å². The van der Waals surface area contributed by atoms with Crippen molar-refractivity contribution < 1.29 is 4.74 Å². The van der Waals surface area contributed by atoms with E-state index in [1.807, 2.05) is 37.3 Å². The normalized spacial score (nSPS) is 11.5. The van der Waals surface area contributed by atoms with Crippen LogP contribution in [0.5, 0.6) is 5.75 Å². The Morgan fingerprint density at radius 1 is 1.46 bits per heavy atom. The van der Waals surface area contributed by atoms with Gasteiger partial charge in [0.1, 0.15) is 5.75 Å². The second-order valence-corrected chi connectivity index (χ2v) is 2.94. The van der Waals surface area contributed by atoms with E-state index in [-0.39, 0.29) is 0 Å². The lowest BCUT2D eigenvalue weighted by atomic mass is 10.1. The molecule has 1 aromatic carbocycles. The Labute approximate surface area is 79.0 Å². The quantitative estimate of drug-likeness (QED) is 0.767. The molecule has 0 spiro atoms. The molecule has 0 unspecified atom stereocenters. The lowest BCUT2D eigenvalue weighted by molar-refractivity contribution is 0.414. The van der Waals surface area contributed by atoms with Crippen molar-refractivity contribution in [2.45, 2.75) is 6.92 Å². The summed E-state index contributed by atoms with van der Waals surface area (Å²) < 4.78 is 5.21. The van der Waals surface area contributed by atoms with E-state index in [2.05, 4.69) is 0 Å². The number of methoxy groups -OCH3 is 1. The molecule has 2 nitrogen and oxygen atoms in total. The van der Waals surface area contributed by atoms with Crippen LogP contribution in [0.25, 0.3) is 6.08 Å². The maximum atomic E-state index is 5.50. The molecule has 13 heavy (non-hydrogen) atoms. The van der Waals surface area contributed by atoms with Gasteiger partial charge in [-0.1, -0.05) is 29.8 Å². The molecule has 1 aromatic rings. The average Bonchev–Trinajstić information content (AvgIpc) is 2.18. The van der Waals surface area contributed by atoms with Gasteiger partial charge < -0.3 is 10.5 Å². The van der Waals surface area contributed by atoms with Gasteiger partial charge in [-0.05, 0) is 13.0 Å². The van der Waals surface area contributed by atoms with Gasteiger partial charge in [0.2, 0.25) is 0 Å². The highest BCUT2D eigenvalue weighted by Crippen LogP contribution is 2.19. The Hall–Kier alpha value is -1.28. The summed E-state index contributed by atoms with van der Waals surface area (Å²) in [4.78, 5) is 0. The van der Waals surface area contributed by atoms with Crippen LogP contribution in [0, 0.1) is 0 Å². The van der Waals surface area contributed by atoms with E-state index < -0.39 is 0 Å². The van der Waals surface area contributed by atoms with Gasteiger partial charge in [0.25, 0.3) is 0 Å². The van der Waals surface area contributed by atoms with Crippen molar-refractivity contribution >= 4 is 6.08 Å². The molecule has 0 heterocycles. The Morgan fingerprint density at radius 2 is 2.15 bits per heavy atom. The van der Waals surface area contributed by atoms with Crippen LogP contribution in [-0.4, -0.2) is 13.7 Å². The number of rotatable bonds is 3. The first kappa shape index (κ1) is 9.81. The van der Waals surface area contributed by atoms with E-state index >= 15 is 0 Å². The Balaban J connectivity index is 2.99. The second-order valence-electron chi connectivity index (χ2n) is 2.94. The van der Waals surface area contributed by atoms with Crippen LogP contribution in [0.4, 0.5) is 0 Å². The average molecular weight is 177 g/mol. The maximum Gasteiger partial charge on any atom is 0.126 e. The fourth-order valence-electron chi connectivity index (χ4n) is 1.11. The van der Waals surface area contributed by atoms with Crippen LogP contribution in [0.2, 0.25) is 0 Å². The molecule has 2 N–H and O–H groups in total. The zero-order valence-electron chi connectivity index (χ0n) is 8.08. The molecular weight excluding hydrogens is 162 g/mol. The molecule has 0 amide bonds. The summed E-state index contributed by atoms with van der Waals surface area (Å²) in [6.07, 6.45) is 2.04. The predicted molar refractivity (Wildman–Crippen MR) is 55.7 cm³/mol. The summed E-state index contributed by atoms with van der Waals surface area (Å²) in [7, 11) is 1.67. The maximum absolute atomic E-state index is 5.50. The van der Waals surface area contributed by atoms with E-state index in [0.29, 0.717) is 6.54 Å². The number of hydrogen-bond donors (Lipinski definition) is 1. The third kappa shape index (κ3) is 2.60. The number of para-hydroxylation sites is 1. The van der Waals surface area contributed by atoms with Gasteiger partial charge in [0.05, 0.1) is 7.11 Å². The third-order valence-electron chi connectivity index (χ3n) is 1.86. The molecule has 0 aliphatic rings. The molecule has 0 aliphatic carbocycles. The molecule has 70 valence electrons. The van der Waals surface area contributed by atoms with Crippen molar-refractivity contribution in [3.63, 3.8) is 0 Å². The molecule has 0 saturated carbocycles. The SMILES string of the molecule is COc1ccccc1/C=C(/C)CN. The Morgan fingerprint density at radius 3 is 2.77 bits per heavy atom. The van der Waals surface area contributed by atoms with E-state index in [4.69, 9.17) is 10.5 Å². The van der Waals surface area contributed by atoms with Crippen LogP contribution >= 0.6 is 0 Å². The first-order valence-corrected chi connectivity index (χ1v) is 4.28.